The first-order valence-electron chi connectivity index (χ1n) is 8.70. The number of fused-ring (bicyclic) bond motifs is 1. The lowest BCUT2D eigenvalue weighted by Gasteiger charge is -2.33. The highest BCUT2D eigenvalue weighted by Crippen LogP contribution is 2.41. The van der Waals surface area contributed by atoms with Gasteiger partial charge in [-0.25, -0.2) is 0 Å². The number of carbonyl (C=O) groups is 1. The number of nitro benzene ring substituents is 1. The van der Waals surface area contributed by atoms with E-state index in [2.05, 4.69) is 4.90 Å². The molecule has 0 spiro atoms. The molecule has 0 aromatic heterocycles. The largest absolute Gasteiger partial charge is 0.496 e. The molecule has 0 amide bonds. The number of hydrogen-bond donors (Lipinski definition) is 0. The Morgan fingerprint density at radius 2 is 2.08 bits per heavy atom. The lowest BCUT2D eigenvalue weighted by molar-refractivity contribution is -0.385. The Morgan fingerprint density at radius 3 is 2.76 bits per heavy atom. The van der Waals surface area contributed by atoms with Crippen LogP contribution >= 0.6 is 0 Å². The van der Waals surface area contributed by atoms with E-state index in [0.29, 0.717) is 24.3 Å². The number of ether oxygens (including phenoxy) is 2. The van der Waals surface area contributed by atoms with E-state index in [4.69, 9.17) is 9.47 Å². The maximum Gasteiger partial charge on any atom is 0.323 e. The molecule has 3 rings (SSSR count). The molecule has 0 bridgehead atoms. The molecular formula is C18H24N2O5. The highest BCUT2D eigenvalue weighted by molar-refractivity contribution is 5.76. The van der Waals surface area contributed by atoms with Crippen LogP contribution in [0.5, 0.6) is 5.75 Å². The van der Waals surface area contributed by atoms with Crippen molar-refractivity contribution in [1.29, 1.82) is 0 Å². The average molecular weight is 348 g/mol. The van der Waals surface area contributed by atoms with Crippen LogP contribution < -0.4 is 4.74 Å². The lowest BCUT2D eigenvalue weighted by Crippen LogP contribution is -2.42. The summed E-state index contributed by atoms with van der Waals surface area (Å²) in [6.07, 6.45) is 5.32. The van der Waals surface area contributed by atoms with Gasteiger partial charge < -0.3 is 9.47 Å². The van der Waals surface area contributed by atoms with Crippen LogP contribution in [0.3, 0.4) is 0 Å². The normalized spacial score (nSPS) is 26.1. The molecule has 7 heteroatoms. The van der Waals surface area contributed by atoms with E-state index in [-0.39, 0.29) is 17.7 Å². The summed E-state index contributed by atoms with van der Waals surface area (Å²) in [5, 5.41) is 11.1. The SMILES string of the molecule is COC(=O)[C@@H]1C[C@@H]2CCCC[C@@H]2N1Cc1cc([N+](=O)[O-])ccc1OC. The maximum atomic E-state index is 12.3. The lowest BCUT2D eigenvalue weighted by atomic mass is 9.84. The zero-order chi connectivity index (χ0) is 18.0. The van der Waals surface area contributed by atoms with Crippen molar-refractivity contribution in [3.05, 3.63) is 33.9 Å². The van der Waals surface area contributed by atoms with Gasteiger partial charge in [0.15, 0.2) is 0 Å². The fourth-order valence-corrected chi connectivity index (χ4v) is 4.35. The summed E-state index contributed by atoms with van der Waals surface area (Å²) in [5.74, 6) is 0.870. The number of nitrogens with zero attached hydrogens (tertiary/aromatic N) is 2. The topological polar surface area (TPSA) is 81.9 Å². The Morgan fingerprint density at radius 1 is 1.32 bits per heavy atom. The standard InChI is InChI=1S/C18H24N2O5/c1-24-17-8-7-14(20(22)23)9-13(17)11-19-15-6-4-3-5-12(15)10-16(19)18(21)25-2/h7-9,12,15-16H,3-6,10-11H2,1-2H3/t12-,15-,16-/m0/s1. The van der Waals surface area contributed by atoms with Crippen molar-refractivity contribution in [1.82, 2.24) is 4.90 Å². The molecule has 1 aromatic rings. The molecule has 1 saturated carbocycles. The Hall–Kier alpha value is -2.15. The van der Waals surface area contributed by atoms with E-state index in [0.717, 1.165) is 31.2 Å². The summed E-state index contributed by atoms with van der Waals surface area (Å²) >= 11 is 0. The molecule has 25 heavy (non-hydrogen) atoms. The fraction of sp³-hybridized carbons (Fsp3) is 0.611. The second-order valence-corrected chi connectivity index (χ2v) is 6.81. The maximum absolute atomic E-state index is 12.3. The third-order valence-corrected chi connectivity index (χ3v) is 5.52. The molecule has 1 aliphatic carbocycles. The minimum atomic E-state index is -0.409. The molecule has 3 atom stereocenters. The molecule has 136 valence electrons. The summed E-state index contributed by atoms with van der Waals surface area (Å²) in [7, 11) is 2.96. The third kappa shape index (κ3) is 3.46. The highest BCUT2D eigenvalue weighted by Gasteiger charge is 2.45. The number of carbonyl (C=O) groups excluding carboxylic acids is 1. The van der Waals surface area contributed by atoms with Crippen molar-refractivity contribution >= 4 is 11.7 Å². The first-order valence-corrected chi connectivity index (χ1v) is 8.70. The number of non-ortho nitro benzene ring substituents is 1. The van der Waals surface area contributed by atoms with Crippen molar-refractivity contribution in [2.45, 2.75) is 50.7 Å². The molecule has 0 unspecified atom stereocenters. The number of benzene rings is 1. The van der Waals surface area contributed by atoms with Gasteiger partial charge in [0.25, 0.3) is 5.69 Å². The van der Waals surface area contributed by atoms with E-state index in [9.17, 15) is 14.9 Å². The van der Waals surface area contributed by atoms with Crippen LogP contribution in [-0.4, -0.2) is 42.1 Å². The van der Waals surface area contributed by atoms with Crippen LogP contribution in [0.4, 0.5) is 5.69 Å². The molecule has 0 radical (unpaired) electrons. The molecule has 1 saturated heterocycles. The molecule has 2 fully saturated rings. The summed E-state index contributed by atoms with van der Waals surface area (Å²) < 4.78 is 10.4. The molecule has 2 aliphatic rings. The van der Waals surface area contributed by atoms with E-state index < -0.39 is 4.92 Å². The second kappa shape index (κ2) is 7.39. The van der Waals surface area contributed by atoms with Gasteiger partial charge in [0.2, 0.25) is 0 Å². The molecule has 1 heterocycles. The Balaban J connectivity index is 1.91. The number of likely N-dealkylation sites (tertiary alicyclic amines) is 1. The van der Waals surface area contributed by atoms with Crippen LogP contribution in [0.15, 0.2) is 18.2 Å². The van der Waals surface area contributed by atoms with E-state index in [1.807, 2.05) is 0 Å². The van der Waals surface area contributed by atoms with E-state index in [1.54, 1.807) is 19.2 Å². The minimum absolute atomic E-state index is 0.0322. The zero-order valence-corrected chi connectivity index (χ0v) is 14.6. The number of methoxy groups -OCH3 is 2. The first kappa shape index (κ1) is 17.7. The van der Waals surface area contributed by atoms with Gasteiger partial charge in [-0.1, -0.05) is 12.8 Å². The highest BCUT2D eigenvalue weighted by atomic mass is 16.6. The fourth-order valence-electron chi connectivity index (χ4n) is 4.35. The van der Waals surface area contributed by atoms with Gasteiger partial charge in [0.1, 0.15) is 11.8 Å². The Kier molecular flexibility index (Phi) is 5.22. The summed E-state index contributed by atoms with van der Waals surface area (Å²) in [5.41, 5.74) is 0.765. The van der Waals surface area contributed by atoms with Gasteiger partial charge in [0.05, 0.1) is 19.1 Å². The summed E-state index contributed by atoms with van der Waals surface area (Å²) in [4.78, 5) is 25.2. The predicted octanol–water partition coefficient (Wildman–Crippen LogP) is 2.91. The number of nitro groups is 1. The average Bonchev–Trinajstić information content (AvgIpc) is 2.99. The van der Waals surface area contributed by atoms with Gasteiger partial charge >= 0.3 is 5.97 Å². The van der Waals surface area contributed by atoms with E-state index >= 15 is 0 Å². The molecular weight excluding hydrogens is 324 g/mol. The molecule has 1 aromatic carbocycles. The predicted molar refractivity (Wildman–Crippen MR) is 91.4 cm³/mol. The van der Waals surface area contributed by atoms with Crippen LogP contribution in [-0.2, 0) is 16.1 Å². The summed E-state index contributed by atoms with van der Waals surface area (Å²) in [6.45, 7) is 0.450. The Bertz CT molecular complexity index is 663. The third-order valence-electron chi connectivity index (χ3n) is 5.52. The van der Waals surface area contributed by atoms with Crippen molar-refractivity contribution < 1.29 is 19.2 Å². The van der Waals surface area contributed by atoms with Crippen molar-refractivity contribution in [3.8, 4) is 5.75 Å². The van der Waals surface area contributed by atoms with Crippen molar-refractivity contribution in [2.75, 3.05) is 14.2 Å². The van der Waals surface area contributed by atoms with Crippen LogP contribution in [0, 0.1) is 16.0 Å². The van der Waals surface area contributed by atoms with Gasteiger partial charge in [-0.2, -0.15) is 0 Å². The number of hydrogen-bond acceptors (Lipinski definition) is 6. The first-order chi connectivity index (χ1) is 12.0. The second-order valence-electron chi connectivity index (χ2n) is 6.81. The summed E-state index contributed by atoms with van der Waals surface area (Å²) in [6, 6.07) is 4.63. The Labute approximate surface area is 147 Å². The van der Waals surface area contributed by atoms with Crippen LogP contribution in [0.2, 0.25) is 0 Å². The molecule has 0 N–H and O–H groups in total. The van der Waals surface area contributed by atoms with Gasteiger partial charge in [-0.15, -0.1) is 0 Å². The quantitative estimate of drug-likeness (QED) is 0.462. The molecule has 7 nitrogen and oxygen atoms in total. The van der Waals surface area contributed by atoms with Crippen molar-refractivity contribution in [3.63, 3.8) is 0 Å². The van der Waals surface area contributed by atoms with Gasteiger partial charge in [-0.3, -0.25) is 19.8 Å². The smallest absolute Gasteiger partial charge is 0.323 e. The monoisotopic (exact) mass is 348 g/mol. The van der Waals surface area contributed by atoms with Gasteiger partial charge in [0, 0.05) is 30.3 Å². The van der Waals surface area contributed by atoms with E-state index in [1.165, 1.54) is 19.6 Å². The minimum Gasteiger partial charge on any atom is -0.496 e. The van der Waals surface area contributed by atoms with Crippen LogP contribution in [0.25, 0.3) is 0 Å². The van der Waals surface area contributed by atoms with Crippen LogP contribution in [0.1, 0.15) is 37.7 Å². The number of esters is 1. The number of rotatable bonds is 5. The van der Waals surface area contributed by atoms with Crippen molar-refractivity contribution in [2.24, 2.45) is 5.92 Å². The van der Waals surface area contributed by atoms with Gasteiger partial charge in [-0.05, 0) is 31.2 Å². The molecule has 1 aliphatic heterocycles. The zero-order valence-electron chi connectivity index (χ0n) is 14.6.